The lowest BCUT2D eigenvalue weighted by Crippen LogP contribution is -2.04. The molecule has 19 heavy (non-hydrogen) atoms. The quantitative estimate of drug-likeness (QED) is 0.680. The Morgan fingerprint density at radius 3 is 2.84 bits per heavy atom. The molecule has 0 saturated heterocycles. The molecule has 2 aromatic heterocycles. The Hall–Kier alpha value is -1.87. The maximum absolute atomic E-state index is 5.94. The van der Waals surface area contributed by atoms with Gasteiger partial charge in [0.1, 0.15) is 11.0 Å². The zero-order valence-electron chi connectivity index (χ0n) is 10.7. The van der Waals surface area contributed by atoms with Crippen LogP contribution in [0.5, 0.6) is 0 Å². The number of pyridine rings is 1. The van der Waals surface area contributed by atoms with E-state index in [1.165, 1.54) is 0 Å². The Kier molecular flexibility index (Phi) is 3.22. The molecule has 0 N–H and O–H groups in total. The van der Waals surface area contributed by atoms with Gasteiger partial charge in [-0.25, -0.2) is 9.97 Å². The number of imidazole rings is 1. The minimum atomic E-state index is 0.528. The fraction of sp³-hybridized carbons (Fsp3) is 0.200. The topological polar surface area (TPSA) is 30.7 Å². The van der Waals surface area contributed by atoms with E-state index in [0.29, 0.717) is 5.15 Å². The summed E-state index contributed by atoms with van der Waals surface area (Å²) in [6.07, 6.45) is 2.65. The summed E-state index contributed by atoms with van der Waals surface area (Å²) in [5.41, 5.74) is 3.34. The van der Waals surface area contributed by atoms with E-state index in [9.17, 15) is 0 Å². The number of para-hydroxylation sites is 2. The van der Waals surface area contributed by atoms with Gasteiger partial charge in [0, 0.05) is 19.2 Å². The highest BCUT2D eigenvalue weighted by Gasteiger charge is 2.09. The fourth-order valence-electron chi connectivity index (χ4n) is 2.30. The van der Waals surface area contributed by atoms with E-state index in [1.54, 1.807) is 6.20 Å². The average molecular weight is 272 g/mol. The third kappa shape index (κ3) is 2.34. The van der Waals surface area contributed by atoms with Crippen LogP contribution in [0.3, 0.4) is 0 Å². The van der Waals surface area contributed by atoms with E-state index < -0.39 is 0 Å². The van der Waals surface area contributed by atoms with E-state index >= 15 is 0 Å². The first-order valence-corrected chi connectivity index (χ1v) is 6.70. The first kappa shape index (κ1) is 12.2. The molecule has 0 saturated carbocycles. The standard InChI is InChI=1S/C15H14ClN3/c1-2-15-18-12-5-3-4-6-13(12)19(15)10-11-7-8-17-14(16)9-11/h3-9H,2,10H2,1H3. The van der Waals surface area contributed by atoms with E-state index in [0.717, 1.165) is 35.4 Å². The van der Waals surface area contributed by atoms with Crippen molar-refractivity contribution in [3.8, 4) is 0 Å². The Bertz CT molecular complexity index is 718. The van der Waals surface area contributed by atoms with Crippen LogP contribution in [0.4, 0.5) is 0 Å². The molecule has 4 heteroatoms. The molecule has 3 nitrogen and oxygen atoms in total. The van der Waals surface area contributed by atoms with E-state index in [2.05, 4.69) is 27.5 Å². The molecule has 0 aliphatic rings. The third-order valence-corrected chi connectivity index (χ3v) is 3.39. The Balaban J connectivity index is 2.08. The number of aryl methyl sites for hydroxylation is 1. The van der Waals surface area contributed by atoms with Crippen LogP contribution in [0.25, 0.3) is 11.0 Å². The highest BCUT2D eigenvalue weighted by molar-refractivity contribution is 6.29. The molecule has 96 valence electrons. The van der Waals surface area contributed by atoms with Crippen LogP contribution in [0, 0.1) is 0 Å². The molecule has 0 spiro atoms. The lowest BCUT2D eigenvalue weighted by molar-refractivity contribution is 0.752. The van der Waals surface area contributed by atoms with Gasteiger partial charge >= 0.3 is 0 Å². The third-order valence-electron chi connectivity index (χ3n) is 3.18. The minimum absolute atomic E-state index is 0.528. The molecule has 0 fully saturated rings. The number of benzene rings is 1. The van der Waals surface area contributed by atoms with Crippen molar-refractivity contribution in [1.82, 2.24) is 14.5 Å². The van der Waals surface area contributed by atoms with Crippen LogP contribution in [0.2, 0.25) is 5.15 Å². The largest absolute Gasteiger partial charge is 0.323 e. The number of rotatable bonds is 3. The van der Waals surface area contributed by atoms with Gasteiger partial charge in [0.25, 0.3) is 0 Å². The second-order valence-electron chi connectivity index (χ2n) is 4.44. The van der Waals surface area contributed by atoms with Gasteiger partial charge in [0.2, 0.25) is 0 Å². The summed E-state index contributed by atoms with van der Waals surface area (Å²) in [5, 5.41) is 0.528. The fourth-order valence-corrected chi connectivity index (χ4v) is 2.49. The molecular formula is C15H14ClN3. The normalized spacial score (nSPS) is 11.1. The monoisotopic (exact) mass is 271 g/mol. The van der Waals surface area contributed by atoms with Crippen molar-refractivity contribution in [2.24, 2.45) is 0 Å². The minimum Gasteiger partial charge on any atom is -0.323 e. The Morgan fingerprint density at radius 1 is 1.21 bits per heavy atom. The molecule has 0 amide bonds. The molecule has 0 atom stereocenters. The average Bonchev–Trinajstić information content (AvgIpc) is 2.77. The predicted octanol–water partition coefficient (Wildman–Crippen LogP) is 3.70. The van der Waals surface area contributed by atoms with Gasteiger partial charge in [-0.2, -0.15) is 0 Å². The molecule has 1 aromatic carbocycles. The maximum atomic E-state index is 5.94. The zero-order valence-corrected chi connectivity index (χ0v) is 11.4. The summed E-state index contributed by atoms with van der Waals surface area (Å²) in [4.78, 5) is 8.68. The second kappa shape index (κ2) is 5.02. The summed E-state index contributed by atoms with van der Waals surface area (Å²) < 4.78 is 2.24. The van der Waals surface area contributed by atoms with Crippen molar-refractivity contribution < 1.29 is 0 Å². The predicted molar refractivity (Wildman–Crippen MR) is 77.5 cm³/mol. The molecule has 0 unspecified atom stereocenters. The van der Waals surface area contributed by atoms with Crippen LogP contribution >= 0.6 is 11.6 Å². The van der Waals surface area contributed by atoms with Crippen molar-refractivity contribution in [2.45, 2.75) is 19.9 Å². The first-order chi connectivity index (χ1) is 9.28. The molecule has 3 rings (SSSR count). The maximum Gasteiger partial charge on any atom is 0.129 e. The molecule has 0 aliphatic heterocycles. The summed E-state index contributed by atoms with van der Waals surface area (Å²) >= 11 is 5.94. The van der Waals surface area contributed by atoms with Crippen molar-refractivity contribution in [2.75, 3.05) is 0 Å². The summed E-state index contributed by atoms with van der Waals surface area (Å²) in [5.74, 6) is 1.09. The van der Waals surface area contributed by atoms with E-state index in [-0.39, 0.29) is 0 Å². The number of fused-ring (bicyclic) bond motifs is 1. The molecule has 0 radical (unpaired) electrons. The summed E-state index contributed by atoms with van der Waals surface area (Å²) in [6.45, 7) is 2.89. The van der Waals surface area contributed by atoms with E-state index in [4.69, 9.17) is 11.6 Å². The Labute approximate surface area is 116 Å². The van der Waals surface area contributed by atoms with Gasteiger partial charge in [-0.1, -0.05) is 30.7 Å². The molecule has 2 heterocycles. The molecular weight excluding hydrogens is 258 g/mol. The Morgan fingerprint density at radius 2 is 2.05 bits per heavy atom. The summed E-state index contributed by atoms with van der Waals surface area (Å²) in [7, 11) is 0. The van der Waals surface area contributed by atoms with Crippen molar-refractivity contribution >= 4 is 22.6 Å². The van der Waals surface area contributed by atoms with Gasteiger partial charge in [0.05, 0.1) is 11.0 Å². The lowest BCUT2D eigenvalue weighted by atomic mass is 10.2. The van der Waals surface area contributed by atoms with Gasteiger partial charge in [-0.15, -0.1) is 0 Å². The summed E-state index contributed by atoms with van der Waals surface area (Å²) in [6, 6.07) is 12.1. The number of hydrogen-bond acceptors (Lipinski definition) is 2. The van der Waals surface area contributed by atoms with E-state index in [1.807, 2.05) is 30.3 Å². The molecule has 3 aromatic rings. The van der Waals surface area contributed by atoms with Gasteiger partial charge in [0.15, 0.2) is 0 Å². The van der Waals surface area contributed by atoms with Crippen LogP contribution < -0.4 is 0 Å². The van der Waals surface area contributed by atoms with Gasteiger partial charge in [-0.3, -0.25) is 0 Å². The number of hydrogen-bond donors (Lipinski definition) is 0. The molecule has 0 bridgehead atoms. The SMILES string of the molecule is CCc1nc2ccccc2n1Cc1ccnc(Cl)c1. The highest BCUT2D eigenvalue weighted by Crippen LogP contribution is 2.19. The highest BCUT2D eigenvalue weighted by atomic mass is 35.5. The number of aromatic nitrogens is 3. The van der Waals surface area contributed by atoms with Crippen molar-refractivity contribution in [3.05, 3.63) is 59.1 Å². The smallest absolute Gasteiger partial charge is 0.129 e. The van der Waals surface area contributed by atoms with Gasteiger partial charge in [-0.05, 0) is 29.8 Å². The van der Waals surface area contributed by atoms with Crippen molar-refractivity contribution in [1.29, 1.82) is 0 Å². The molecule has 0 aliphatic carbocycles. The second-order valence-corrected chi connectivity index (χ2v) is 4.83. The van der Waals surface area contributed by atoms with Gasteiger partial charge < -0.3 is 4.57 Å². The van der Waals surface area contributed by atoms with Crippen LogP contribution in [-0.2, 0) is 13.0 Å². The first-order valence-electron chi connectivity index (χ1n) is 6.32. The van der Waals surface area contributed by atoms with Crippen LogP contribution in [0.1, 0.15) is 18.3 Å². The van der Waals surface area contributed by atoms with Crippen LogP contribution in [-0.4, -0.2) is 14.5 Å². The zero-order chi connectivity index (χ0) is 13.2. The number of nitrogens with zero attached hydrogens (tertiary/aromatic N) is 3. The van der Waals surface area contributed by atoms with Crippen LogP contribution in [0.15, 0.2) is 42.6 Å². The lowest BCUT2D eigenvalue weighted by Gasteiger charge is -2.08. The number of halogens is 1. The van der Waals surface area contributed by atoms with Crippen molar-refractivity contribution in [3.63, 3.8) is 0 Å².